The van der Waals surface area contributed by atoms with Crippen LogP contribution in [0.5, 0.6) is 0 Å². The number of anilines is 2. The van der Waals surface area contributed by atoms with Gasteiger partial charge in [-0.25, -0.2) is 0 Å². The first-order valence-electron chi connectivity index (χ1n) is 9.40. The number of benzene rings is 2. The van der Waals surface area contributed by atoms with Gasteiger partial charge in [0, 0.05) is 36.5 Å². The smallest absolute Gasteiger partial charge is 0.326 e. The number of amides is 4. The van der Waals surface area contributed by atoms with E-state index in [9.17, 15) is 42.5 Å². The third-order valence-corrected chi connectivity index (χ3v) is 4.63. The molecule has 172 valence electrons. The van der Waals surface area contributed by atoms with Crippen molar-refractivity contribution in [2.24, 2.45) is 0 Å². The second-order valence-electron chi connectivity index (χ2n) is 6.93. The number of carbonyl (C=O) groups is 4. The van der Waals surface area contributed by atoms with E-state index in [1.165, 1.54) is 30.3 Å². The molecule has 0 unspecified atom stereocenters. The molecule has 0 aromatic heterocycles. The van der Waals surface area contributed by atoms with Gasteiger partial charge in [-0.2, -0.15) is 13.2 Å². The standard InChI is InChI=1S/C20H15F3N4O6/c21-20(22,23)19(31)25-12-5-3-11(4-6-12)24-16(28)2-1-9-26-17(29)14-8-7-13(27(32)33)10-15(14)18(26)30/h3-8,10H,1-2,9H2,(H,24,28)(H,25,31). The normalized spacial score (nSPS) is 13.0. The number of fused-ring (bicyclic) bond motifs is 1. The van der Waals surface area contributed by atoms with Crippen LogP contribution in [-0.4, -0.2) is 46.2 Å². The Bertz CT molecular complexity index is 1150. The second-order valence-corrected chi connectivity index (χ2v) is 6.93. The van der Waals surface area contributed by atoms with Crippen LogP contribution >= 0.6 is 0 Å². The minimum Gasteiger partial charge on any atom is -0.326 e. The van der Waals surface area contributed by atoms with Crippen LogP contribution in [0.3, 0.4) is 0 Å². The molecule has 0 fully saturated rings. The number of hydrogen-bond acceptors (Lipinski definition) is 6. The summed E-state index contributed by atoms with van der Waals surface area (Å²) in [5.41, 5.74) is -0.191. The molecule has 33 heavy (non-hydrogen) atoms. The van der Waals surface area contributed by atoms with Gasteiger partial charge < -0.3 is 10.6 Å². The van der Waals surface area contributed by atoms with Crippen molar-refractivity contribution in [1.82, 2.24) is 4.90 Å². The maximum absolute atomic E-state index is 12.4. The number of nitro benzene ring substituents is 1. The van der Waals surface area contributed by atoms with E-state index in [0.29, 0.717) is 0 Å². The number of alkyl halides is 3. The predicted molar refractivity (Wildman–Crippen MR) is 107 cm³/mol. The molecule has 2 aromatic carbocycles. The summed E-state index contributed by atoms with van der Waals surface area (Å²) < 4.78 is 36.8. The lowest BCUT2D eigenvalue weighted by Crippen LogP contribution is -2.31. The highest BCUT2D eigenvalue weighted by Gasteiger charge is 2.38. The summed E-state index contributed by atoms with van der Waals surface area (Å²) in [6.45, 7) is -0.0873. The topological polar surface area (TPSA) is 139 Å². The molecule has 0 atom stereocenters. The molecule has 0 aliphatic carbocycles. The number of imide groups is 1. The predicted octanol–water partition coefficient (Wildman–Crippen LogP) is 3.11. The SMILES string of the molecule is O=C(CCCN1C(=O)c2ccc([N+](=O)[O-])cc2C1=O)Nc1ccc(NC(=O)C(F)(F)F)cc1. The van der Waals surface area contributed by atoms with Gasteiger partial charge in [-0.3, -0.25) is 34.2 Å². The fourth-order valence-electron chi connectivity index (χ4n) is 3.06. The quantitative estimate of drug-likeness (QED) is 0.367. The van der Waals surface area contributed by atoms with Crippen molar-refractivity contribution in [3.63, 3.8) is 0 Å². The number of hydrogen-bond donors (Lipinski definition) is 2. The van der Waals surface area contributed by atoms with Crippen LogP contribution in [0, 0.1) is 10.1 Å². The number of rotatable bonds is 7. The molecule has 1 aliphatic rings. The molecule has 2 aromatic rings. The summed E-state index contributed by atoms with van der Waals surface area (Å²) in [7, 11) is 0. The zero-order chi connectivity index (χ0) is 24.3. The van der Waals surface area contributed by atoms with E-state index in [1.54, 1.807) is 5.32 Å². The molecule has 0 radical (unpaired) electrons. The highest BCUT2D eigenvalue weighted by atomic mass is 19.4. The molecule has 1 heterocycles. The van der Waals surface area contributed by atoms with Crippen molar-refractivity contribution in [2.45, 2.75) is 19.0 Å². The number of non-ortho nitro benzene ring substituents is 1. The Labute approximate surface area is 183 Å². The highest BCUT2D eigenvalue weighted by Crippen LogP contribution is 2.27. The van der Waals surface area contributed by atoms with Crippen molar-refractivity contribution >= 4 is 40.7 Å². The summed E-state index contributed by atoms with van der Waals surface area (Å²) in [6.07, 6.45) is -5.00. The van der Waals surface area contributed by atoms with Gasteiger partial charge in [0.2, 0.25) is 5.91 Å². The lowest BCUT2D eigenvalue weighted by Gasteiger charge is -2.13. The van der Waals surface area contributed by atoms with Crippen LogP contribution in [0.2, 0.25) is 0 Å². The zero-order valence-corrected chi connectivity index (χ0v) is 16.6. The summed E-state index contributed by atoms with van der Waals surface area (Å²) in [5, 5.41) is 15.0. The van der Waals surface area contributed by atoms with E-state index >= 15 is 0 Å². The summed E-state index contributed by atoms with van der Waals surface area (Å²) in [5.74, 6) is -3.89. The molecule has 13 heteroatoms. The Morgan fingerprint density at radius 1 is 0.939 bits per heavy atom. The van der Waals surface area contributed by atoms with Crippen LogP contribution in [0.25, 0.3) is 0 Å². The highest BCUT2D eigenvalue weighted by molar-refractivity contribution is 6.21. The molecule has 0 spiro atoms. The van der Waals surface area contributed by atoms with Crippen molar-refractivity contribution in [2.75, 3.05) is 17.2 Å². The third kappa shape index (κ3) is 5.31. The lowest BCUT2D eigenvalue weighted by molar-refractivity contribution is -0.384. The van der Waals surface area contributed by atoms with Crippen LogP contribution in [0.1, 0.15) is 33.6 Å². The first kappa shape index (κ1) is 23.4. The third-order valence-electron chi connectivity index (χ3n) is 4.63. The van der Waals surface area contributed by atoms with Gasteiger partial charge in [-0.1, -0.05) is 0 Å². The van der Waals surface area contributed by atoms with Gasteiger partial charge in [0.25, 0.3) is 17.5 Å². The average molecular weight is 464 g/mol. The molecule has 4 amide bonds. The van der Waals surface area contributed by atoms with Crippen LogP contribution in [-0.2, 0) is 9.59 Å². The van der Waals surface area contributed by atoms with Gasteiger partial charge in [0.1, 0.15) is 0 Å². The van der Waals surface area contributed by atoms with Gasteiger partial charge in [0.05, 0.1) is 16.1 Å². The molecule has 0 saturated carbocycles. The van der Waals surface area contributed by atoms with E-state index in [4.69, 9.17) is 0 Å². The molecule has 2 N–H and O–H groups in total. The molecule has 0 saturated heterocycles. The zero-order valence-electron chi connectivity index (χ0n) is 16.6. The summed E-state index contributed by atoms with van der Waals surface area (Å²) in [4.78, 5) is 58.8. The Morgan fingerprint density at radius 2 is 1.52 bits per heavy atom. The van der Waals surface area contributed by atoms with Gasteiger partial charge >= 0.3 is 12.1 Å². The van der Waals surface area contributed by atoms with Crippen LogP contribution < -0.4 is 10.6 Å². The Morgan fingerprint density at radius 3 is 2.09 bits per heavy atom. The maximum atomic E-state index is 12.4. The Balaban J connectivity index is 1.50. The first-order chi connectivity index (χ1) is 15.5. The molecule has 3 rings (SSSR count). The first-order valence-corrected chi connectivity index (χ1v) is 9.40. The Kier molecular flexibility index (Phi) is 6.42. The van der Waals surface area contributed by atoms with Crippen molar-refractivity contribution in [1.29, 1.82) is 0 Å². The summed E-state index contributed by atoms with van der Waals surface area (Å²) >= 11 is 0. The number of carbonyl (C=O) groups excluding carboxylic acids is 4. The second kappa shape index (κ2) is 9.06. The van der Waals surface area contributed by atoms with Crippen molar-refractivity contribution < 1.29 is 37.3 Å². The van der Waals surface area contributed by atoms with E-state index in [0.717, 1.165) is 17.0 Å². The molecule has 0 bridgehead atoms. The molecular weight excluding hydrogens is 449 g/mol. The molecule has 10 nitrogen and oxygen atoms in total. The fraction of sp³-hybridized carbons (Fsp3) is 0.200. The van der Waals surface area contributed by atoms with E-state index < -0.39 is 34.7 Å². The lowest BCUT2D eigenvalue weighted by atomic mass is 10.1. The van der Waals surface area contributed by atoms with E-state index in [-0.39, 0.29) is 47.6 Å². The maximum Gasteiger partial charge on any atom is 0.471 e. The van der Waals surface area contributed by atoms with Gasteiger partial charge in [-0.05, 0) is 36.8 Å². The number of halogens is 3. The Hall–Kier alpha value is -4.29. The minimum absolute atomic E-state index is 0.0488. The number of nitrogens with zero attached hydrogens (tertiary/aromatic N) is 2. The van der Waals surface area contributed by atoms with Crippen LogP contribution in [0.4, 0.5) is 30.2 Å². The largest absolute Gasteiger partial charge is 0.471 e. The van der Waals surface area contributed by atoms with Crippen molar-refractivity contribution in [3.8, 4) is 0 Å². The summed E-state index contributed by atoms with van der Waals surface area (Å²) in [6, 6.07) is 8.31. The minimum atomic E-state index is -5.03. The van der Waals surface area contributed by atoms with Crippen molar-refractivity contribution in [3.05, 3.63) is 63.7 Å². The average Bonchev–Trinajstić information content (AvgIpc) is 2.98. The van der Waals surface area contributed by atoms with Crippen LogP contribution in [0.15, 0.2) is 42.5 Å². The monoisotopic (exact) mass is 464 g/mol. The number of nitro groups is 1. The fourth-order valence-corrected chi connectivity index (χ4v) is 3.06. The van der Waals surface area contributed by atoms with E-state index in [2.05, 4.69) is 5.32 Å². The van der Waals surface area contributed by atoms with Gasteiger partial charge in [0.15, 0.2) is 0 Å². The number of nitrogens with one attached hydrogen (secondary N) is 2. The van der Waals surface area contributed by atoms with Gasteiger partial charge in [-0.15, -0.1) is 0 Å². The van der Waals surface area contributed by atoms with E-state index in [1.807, 2.05) is 0 Å². The molecule has 1 aliphatic heterocycles. The molecular formula is C20H15F3N4O6.